The Labute approximate surface area is 149 Å². The van der Waals surface area contributed by atoms with Gasteiger partial charge in [0.1, 0.15) is 6.54 Å². The Hall–Kier alpha value is -2.67. The minimum Gasteiger partial charge on any atom is -0.387 e. The lowest BCUT2D eigenvalue weighted by molar-refractivity contribution is -0.117. The number of amides is 1. The van der Waals surface area contributed by atoms with Crippen molar-refractivity contribution in [3.8, 4) is 10.8 Å². The number of hydrogen-bond acceptors (Lipinski definition) is 5. The molecule has 25 heavy (non-hydrogen) atoms. The molecule has 0 aliphatic rings. The van der Waals surface area contributed by atoms with Crippen LogP contribution in [0.25, 0.3) is 10.8 Å². The molecule has 7 heteroatoms. The van der Waals surface area contributed by atoms with Crippen LogP contribution < -0.4 is 11.1 Å². The summed E-state index contributed by atoms with van der Waals surface area (Å²) in [5, 5.41) is 8.90. The zero-order valence-electron chi connectivity index (χ0n) is 14.1. The summed E-state index contributed by atoms with van der Waals surface area (Å²) in [5.41, 5.74) is 2.96. The van der Waals surface area contributed by atoms with Gasteiger partial charge in [-0.1, -0.05) is 38.1 Å². The summed E-state index contributed by atoms with van der Waals surface area (Å²) in [6, 6.07) is 9.63. The van der Waals surface area contributed by atoms with Crippen molar-refractivity contribution in [2.75, 3.05) is 5.32 Å². The number of nitrogens with zero attached hydrogens (tertiary/aromatic N) is 2. The van der Waals surface area contributed by atoms with Crippen LogP contribution in [0.5, 0.6) is 0 Å². The van der Waals surface area contributed by atoms with E-state index in [0.717, 1.165) is 39.2 Å². The molecule has 0 saturated heterocycles. The summed E-state index contributed by atoms with van der Waals surface area (Å²) < 4.78 is 6.17. The predicted octanol–water partition coefficient (Wildman–Crippen LogP) is 3.33. The number of aryl methyl sites for hydroxylation is 2. The fourth-order valence-electron chi connectivity index (χ4n) is 2.62. The van der Waals surface area contributed by atoms with Gasteiger partial charge in [0.15, 0.2) is 0 Å². The maximum Gasteiger partial charge on any atom is 0.437 e. The van der Waals surface area contributed by atoms with E-state index in [0.29, 0.717) is 0 Å². The highest BCUT2D eigenvalue weighted by Gasteiger charge is 2.15. The quantitative estimate of drug-likeness (QED) is 0.734. The van der Waals surface area contributed by atoms with Gasteiger partial charge in [0.25, 0.3) is 5.89 Å². The first-order valence-electron chi connectivity index (χ1n) is 8.14. The van der Waals surface area contributed by atoms with Gasteiger partial charge < -0.3 is 9.73 Å². The van der Waals surface area contributed by atoms with Crippen molar-refractivity contribution in [2.24, 2.45) is 0 Å². The van der Waals surface area contributed by atoms with Gasteiger partial charge in [-0.15, -0.1) is 16.4 Å². The Kier molecular flexibility index (Phi) is 5.14. The van der Waals surface area contributed by atoms with Crippen LogP contribution in [-0.2, 0) is 24.2 Å². The Balaban J connectivity index is 1.79. The molecule has 0 radical (unpaired) electrons. The van der Waals surface area contributed by atoms with Gasteiger partial charge in [0.2, 0.25) is 5.91 Å². The van der Waals surface area contributed by atoms with E-state index in [9.17, 15) is 9.59 Å². The number of benzene rings is 1. The third-order valence-corrected chi connectivity index (χ3v) is 4.75. The molecule has 0 spiro atoms. The number of rotatable bonds is 6. The van der Waals surface area contributed by atoms with Gasteiger partial charge in [-0.05, 0) is 35.4 Å². The molecule has 0 unspecified atom stereocenters. The second kappa shape index (κ2) is 7.48. The standard InChI is InChI=1S/C18H19N3O3S/c1-3-12-7-5-8-13(4-2)16(12)19-15(22)11-21-18(23)24-17(20-21)14-9-6-10-25-14/h5-10H,3-4,11H2,1-2H3,(H,19,22). The summed E-state index contributed by atoms with van der Waals surface area (Å²) in [6.07, 6.45) is 1.63. The van der Waals surface area contributed by atoms with Crippen LogP contribution in [0.2, 0.25) is 0 Å². The van der Waals surface area contributed by atoms with Crippen molar-refractivity contribution < 1.29 is 9.21 Å². The molecule has 130 valence electrons. The molecule has 0 aliphatic carbocycles. The van der Waals surface area contributed by atoms with Crippen LogP contribution in [0.15, 0.2) is 44.9 Å². The SMILES string of the molecule is CCc1cccc(CC)c1NC(=O)Cn1nc(-c2cccs2)oc1=O. The third kappa shape index (κ3) is 3.71. The van der Waals surface area contributed by atoms with E-state index >= 15 is 0 Å². The Morgan fingerprint density at radius 2 is 1.92 bits per heavy atom. The molecule has 0 bridgehead atoms. The Morgan fingerprint density at radius 3 is 2.52 bits per heavy atom. The fourth-order valence-corrected chi connectivity index (χ4v) is 3.27. The van der Waals surface area contributed by atoms with E-state index in [-0.39, 0.29) is 18.3 Å². The van der Waals surface area contributed by atoms with Gasteiger partial charge in [-0.25, -0.2) is 4.79 Å². The number of thiophene rings is 1. The molecular weight excluding hydrogens is 338 g/mol. The van der Waals surface area contributed by atoms with Crippen molar-refractivity contribution >= 4 is 22.9 Å². The zero-order valence-corrected chi connectivity index (χ0v) is 14.9. The molecule has 0 atom stereocenters. The van der Waals surface area contributed by atoms with E-state index in [2.05, 4.69) is 10.4 Å². The fraction of sp³-hybridized carbons (Fsp3) is 0.278. The minimum atomic E-state index is -0.641. The molecule has 2 heterocycles. The Morgan fingerprint density at radius 1 is 1.20 bits per heavy atom. The van der Waals surface area contributed by atoms with Crippen molar-refractivity contribution in [1.82, 2.24) is 9.78 Å². The van der Waals surface area contributed by atoms with E-state index in [1.54, 1.807) is 0 Å². The maximum absolute atomic E-state index is 12.4. The summed E-state index contributed by atoms with van der Waals surface area (Å²) in [5.74, 6) is -0.710. The number of anilines is 1. The Bertz CT molecular complexity index is 903. The van der Waals surface area contributed by atoms with E-state index in [1.165, 1.54) is 11.3 Å². The molecule has 1 aromatic carbocycles. The molecule has 0 aliphatic heterocycles. The lowest BCUT2D eigenvalue weighted by Crippen LogP contribution is -2.26. The van der Waals surface area contributed by atoms with Crippen molar-refractivity contribution in [3.63, 3.8) is 0 Å². The van der Waals surface area contributed by atoms with Gasteiger partial charge in [0, 0.05) is 5.69 Å². The first-order chi connectivity index (χ1) is 12.1. The van der Waals surface area contributed by atoms with Crippen LogP contribution in [0.1, 0.15) is 25.0 Å². The minimum absolute atomic E-state index is 0.186. The largest absolute Gasteiger partial charge is 0.437 e. The van der Waals surface area contributed by atoms with E-state index < -0.39 is 5.76 Å². The number of hydrogen-bond donors (Lipinski definition) is 1. The molecule has 1 N–H and O–H groups in total. The number of para-hydroxylation sites is 1. The van der Waals surface area contributed by atoms with Gasteiger partial charge in [-0.3, -0.25) is 4.79 Å². The summed E-state index contributed by atoms with van der Waals surface area (Å²) in [4.78, 5) is 25.1. The smallest absolute Gasteiger partial charge is 0.387 e. The van der Waals surface area contributed by atoms with Gasteiger partial charge >= 0.3 is 5.76 Å². The number of aromatic nitrogens is 2. The second-order valence-corrected chi connectivity index (χ2v) is 6.46. The van der Waals surface area contributed by atoms with Crippen molar-refractivity contribution in [1.29, 1.82) is 0 Å². The molecule has 2 aromatic heterocycles. The van der Waals surface area contributed by atoms with Crippen LogP contribution in [0.3, 0.4) is 0 Å². The first kappa shape index (κ1) is 17.2. The average molecular weight is 357 g/mol. The summed E-state index contributed by atoms with van der Waals surface area (Å²) in [7, 11) is 0. The molecule has 6 nitrogen and oxygen atoms in total. The third-order valence-electron chi connectivity index (χ3n) is 3.89. The topological polar surface area (TPSA) is 77.1 Å². The van der Waals surface area contributed by atoms with Crippen LogP contribution in [-0.4, -0.2) is 15.7 Å². The molecular formula is C18H19N3O3S. The number of carbonyl (C=O) groups excluding carboxylic acids is 1. The second-order valence-electron chi connectivity index (χ2n) is 5.51. The lowest BCUT2D eigenvalue weighted by Gasteiger charge is -2.14. The van der Waals surface area contributed by atoms with Crippen LogP contribution in [0, 0.1) is 0 Å². The lowest BCUT2D eigenvalue weighted by atomic mass is 10.0. The van der Waals surface area contributed by atoms with Gasteiger partial charge in [-0.2, -0.15) is 4.68 Å². The maximum atomic E-state index is 12.4. The van der Waals surface area contributed by atoms with Crippen LogP contribution in [0.4, 0.5) is 5.69 Å². The molecule has 1 amide bonds. The molecule has 3 rings (SSSR count). The number of nitrogens with one attached hydrogen (secondary N) is 1. The summed E-state index contributed by atoms with van der Waals surface area (Å²) in [6.45, 7) is 3.90. The first-order valence-corrected chi connectivity index (χ1v) is 9.02. The predicted molar refractivity (Wildman–Crippen MR) is 97.9 cm³/mol. The average Bonchev–Trinajstić information content (AvgIpc) is 3.25. The highest BCUT2D eigenvalue weighted by molar-refractivity contribution is 7.13. The molecule has 0 saturated carbocycles. The van der Waals surface area contributed by atoms with Crippen molar-refractivity contribution in [2.45, 2.75) is 33.2 Å². The zero-order chi connectivity index (χ0) is 17.8. The highest BCUT2D eigenvalue weighted by atomic mass is 32.1. The number of carbonyl (C=O) groups is 1. The highest BCUT2D eigenvalue weighted by Crippen LogP contribution is 2.23. The molecule has 0 fully saturated rings. The van der Waals surface area contributed by atoms with Crippen molar-refractivity contribution in [3.05, 3.63) is 57.4 Å². The summed E-state index contributed by atoms with van der Waals surface area (Å²) >= 11 is 1.42. The monoisotopic (exact) mass is 357 g/mol. The van der Waals surface area contributed by atoms with E-state index in [4.69, 9.17) is 4.42 Å². The van der Waals surface area contributed by atoms with Gasteiger partial charge in [0.05, 0.1) is 4.88 Å². The molecule has 3 aromatic rings. The normalized spacial score (nSPS) is 10.8. The van der Waals surface area contributed by atoms with Crippen LogP contribution >= 0.6 is 11.3 Å². The van der Waals surface area contributed by atoms with E-state index in [1.807, 2.05) is 49.6 Å².